The molecule has 1 atom stereocenters. The molecule has 2 aliphatic heterocycles. The van der Waals surface area contributed by atoms with E-state index in [1.54, 1.807) is 12.3 Å². The van der Waals surface area contributed by atoms with Crippen molar-refractivity contribution in [3.8, 4) is 11.4 Å². The van der Waals surface area contributed by atoms with Gasteiger partial charge in [0.2, 0.25) is 0 Å². The van der Waals surface area contributed by atoms with Crippen molar-refractivity contribution >= 4 is 40.9 Å². The maximum absolute atomic E-state index is 12.2. The molecule has 0 aliphatic carbocycles. The Hall–Kier alpha value is -2.45. The van der Waals surface area contributed by atoms with Crippen LogP contribution in [0.15, 0.2) is 30.6 Å². The molecule has 136 valence electrons. The summed E-state index contributed by atoms with van der Waals surface area (Å²) in [5.41, 5.74) is 1.51. The summed E-state index contributed by atoms with van der Waals surface area (Å²) in [7, 11) is 0. The first-order valence-electron chi connectivity index (χ1n) is 7.86. The second-order valence-electron chi connectivity index (χ2n) is 5.82. The molecule has 2 amide bonds. The smallest absolute Gasteiger partial charge is 0.414 e. The van der Waals surface area contributed by atoms with Crippen molar-refractivity contribution in [2.75, 3.05) is 18.0 Å². The molecule has 3 heterocycles. The molecular weight excluding hydrogens is 383 g/mol. The summed E-state index contributed by atoms with van der Waals surface area (Å²) >= 11 is 11.0. The van der Waals surface area contributed by atoms with Crippen LogP contribution in [0.25, 0.3) is 5.69 Å². The number of aromatic nitrogens is 2. The number of carbonyl (C=O) groups is 2. The van der Waals surface area contributed by atoms with E-state index < -0.39 is 22.9 Å². The summed E-state index contributed by atoms with van der Waals surface area (Å²) in [6.45, 7) is 0.793. The van der Waals surface area contributed by atoms with E-state index >= 15 is 0 Å². The lowest BCUT2D eigenvalue weighted by Gasteiger charge is -2.22. The zero-order chi connectivity index (χ0) is 18.3. The van der Waals surface area contributed by atoms with Gasteiger partial charge in [-0.2, -0.15) is 0 Å². The number of rotatable bonds is 4. The minimum atomic E-state index is -1.16. The van der Waals surface area contributed by atoms with Crippen molar-refractivity contribution in [1.82, 2.24) is 14.9 Å². The lowest BCUT2D eigenvalue weighted by atomic mass is 10.2. The number of ether oxygens (including phenoxy) is 2. The Morgan fingerprint density at radius 2 is 2.27 bits per heavy atom. The molecule has 2 aliphatic rings. The minimum Gasteiger partial charge on any atom is -0.483 e. The summed E-state index contributed by atoms with van der Waals surface area (Å²) in [4.78, 5) is 28.1. The van der Waals surface area contributed by atoms with Gasteiger partial charge in [0.25, 0.3) is 5.91 Å². The molecule has 26 heavy (non-hydrogen) atoms. The van der Waals surface area contributed by atoms with Crippen molar-refractivity contribution < 1.29 is 19.1 Å². The van der Waals surface area contributed by atoms with Crippen LogP contribution >= 0.6 is 23.2 Å². The quantitative estimate of drug-likeness (QED) is 0.798. The molecular formula is C16H14Cl2N4O4. The fraction of sp³-hybridized carbons (Fsp3) is 0.312. The van der Waals surface area contributed by atoms with Crippen LogP contribution in [0, 0.1) is 0 Å². The second kappa shape index (κ2) is 6.69. The van der Waals surface area contributed by atoms with Gasteiger partial charge in [-0.15, -0.1) is 0 Å². The summed E-state index contributed by atoms with van der Waals surface area (Å²) in [5.74, 6) is 0.948. The summed E-state index contributed by atoms with van der Waals surface area (Å²) in [6.07, 6.45) is 2.59. The number of hydrogen-bond acceptors (Lipinski definition) is 5. The maximum Gasteiger partial charge on any atom is 0.414 e. The summed E-state index contributed by atoms with van der Waals surface area (Å²) in [6, 6.07) is 5.46. The van der Waals surface area contributed by atoms with Crippen LogP contribution < -0.4 is 15.0 Å². The van der Waals surface area contributed by atoms with E-state index in [0.29, 0.717) is 24.6 Å². The molecule has 1 saturated heterocycles. The number of hydrogen-bond donors (Lipinski definition) is 1. The average Bonchev–Trinajstić information content (AvgIpc) is 3.25. The van der Waals surface area contributed by atoms with Crippen LogP contribution in [0.1, 0.15) is 5.82 Å². The third-order valence-corrected chi connectivity index (χ3v) is 4.56. The number of anilines is 1. The van der Waals surface area contributed by atoms with Crippen LogP contribution in [-0.4, -0.2) is 45.6 Å². The Morgan fingerprint density at radius 1 is 1.42 bits per heavy atom. The summed E-state index contributed by atoms with van der Waals surface area (Å²) in [5, 5.41) is 2.53. The monoisotopic (exact) mass is 396 g/mol. The molecule has 0 radical (unpaired) electrons. The third-order valence-electron chi connectivity index (χ3n) is 4.16. The number of amides is 2. The SMILES string of the molecule is O=C(NC[C@H]1CN(c2ccc3c(c2)OCc2nccn2-3)C(=O)O1)C(Cl)Cl. The van der Waals surface area contributed by atoms with Crippen molar-refractivity contribution in [3.05, 3.63) is 36.4 Å². The molecule has 8 nitrogen and oxygen atoms in total. The molecule has 2 aromatic rings. The first-order chi connectivity index (χ1) is 12.5. The molecule has 0 bridgehead atoms. The molecule has 0 unspecified atom stereocenters. The second-order valence-corrected chi connectivity index (χ2v) is 6.91. The van der Waals surface area contributed by atoms with Crippen LogP contribution in [0.3, 0.4) is 0 Å². The van der Waals surface area contributed by atoms with E-state index in [1.165, 1.54) is 4.90 Å². The highest BCUT2D eigenvalue weighted by Gasteiger charge is 2.33. The summed E-state index contributed by atoms with van der Waals surface area (Å²) < 4.78 is 12.9. The zero-order valence-corrected chi connectivity index (χ0v) is 14.9. The van der Waals surface area contributed by atoms with E-state index in [-0.39, 0.29) is 6.54 Å². The van der Waals surface area contributed by atoms with Crippen LogP contribution in [0.2, 0.25) is 0 Å². The van der Waals surface area contributed by atoms with E-state index in [2.05, 4.69) is 10.3 Å². The van der Waals surface area contributed by atoms with Gasteiger partial charge in [0.15, 0.2) is 10.7 Å². The number of fused-ring (bicyclic) bond motifs is 3. The van der Waals surface area contributed by atoms with Crippen LogP contribution in [0.4, 0.5) is 10.5 Å². The van der Waals surface area contributed by atoms with Gasteiger partial charge < -0.3 is 14.8 Å². The number of nitrogens with one attached hydrogen (secondary N) is 1. The fourth-order valence-electron chi connectivity index (χ4n) is 2.92. The first kappa shape index (κ1) is 17.0. The normalized spacial score (nSPS) is 18.2. The van der Waals surface area contributed by atoms with Crippen molar-refractivity contribution in [2.45, 2.75) is 17.5 Å². The van der Waals surface area contributed by atoms with E-state index in [0.717, 1.165) is 11.5 Å². The highest BCUT2D eigenvalue weighted by Crippen LogP contribution is 2.34. The van der Waals surface area contributed by atoms with Gasteiger partial charge in [-0.1, -0.05) is 23.2 Å². The zero-order valence-electron chi connectivity index (χ0n) is 13.4. The van der Waals surface area contributed by atoms with E-state index in [9.17, 15) is 9.59 Å². The third kappa shape index (κ3) is 3.06. The Balaban J connectivity index is 1.48. The molecule has 4 rings (SSSR count). The van der Waals surface area contributed by atoms with Crippen LogP contribution in [0.5, 0.6) is 5.75 Å². The molecule has 0 spiro atoms. The first-order valence-corrected chi connectivity index (χ1v) is 8.73. The van der Waals surface area contributed by atoms with Gasteiger partial charge in [-0.25, -0.2) is 9.78 Å². The lowest BCUT2D eigenvalue weighted by Crippen LogP contribution is -2.37. The fourth-order valence-corrected chi connectivity index (χ4v) is 3.07. The maximum atomic E-state index is 12.2. The van der Waals surface area contributed by atoms with Gasteiger partial charge in [-0.3, -0.25) is 14.3 Å². The number of alkyl halides is 2. The standard InChI is InChI=1S/C16H14Cl2N4O4/c17-14(18)15(23)20-6-10-7-22(16(24)26-10)9-1-2-11-12(5-9)25-8-13-19-3-4-21(11)13/h1-5,10,14H,6-8H2,(H,20,23)/t10-/m0/s1. The van der Waals surface area contributed by atoms with E-state index in [4.69, 9.17) is 32.7 Å². The van der Waals surface area contributed by atoms with Gasteiger partial charge in [0.05, 0.1) is 24.5 Å². The van der Waals surface area contributed by atoms with Gasteiger partial charge in [0, 0.05) is 18.5 Å². The number of cyclic esters (lactones) is 1. The predicted molar refractivity (Wildman–Crippen MR) is 94.0 cm³/mol. The topological polar surface area (TPSA) is 85.7 Å². The molecule has 1 fully saturated rings. The molecule has 1 N–H and O–H groups in total. The van der Waals surface area contributed by atoms with Gasteiger partial charge >= 0.3 is 6.09 Å². The van der Waals surface area contributed by atoms with Crippen molar-refractivity contribution in [3.63, 3.8) is 0 Å². The number of benzene rings is 1. The Bertz CT molecular complexity index is 870. The van der Waals surface area contributed by atoms with Crippen LogP contribution in [-0.2, 0) is 16.1 Å². The highest BCUT2D eigenvalue weighted by atomic mass is 35.5. The Labute approximate surface area is 158 Å². The highest BCUT2D eigenvalue weighted by molar-refractivity contribution is 6.53. The average molecular weight is 397 g/mol. The molecule has 1 aromatic carbocycles. The van der Waals surface area contributed by atoms with Crippen molar-refractivity contribution in [1.29, 1.82) is 0 Å². The predicted octanol–water partition coefficient (Wildman–Crippen LogP) is 2.01. The molecule has 1 aromatic heterocycles. The Kier molecular flexibility index (Phi) is 4.37. The lowest BCUT2D eigenvalue weighted by molar-refractivity contribution is -0.119. The van der Waals surface area contributed by atoms with E-state index in [1.807, 2.05) is 22.9 Å². The minimum absolute atomic E-state index is 0.136. The van der Waals surface area contributed by atoms with Gasteiger partial charge in [-0.05, 0) is 12.1 Å². The largest absolute Gasteiger partial charge is 0.483 e. The van der Waals surface area contributed by atoms with Crippen molar-refractivity contribution in [2.24, 2.45) is 0 Å². The number of nitrogens with zero attached hydrogens (tertiary/aromatic N) is 3. The van der Waals surface area contributed by atoms with Gasteiger partial charge in [0.1, 0.15) is 18.5 Å². The number of halogens is 2. The number of imidazole rings is 1. The Morgan fingerprint density at radius 3 is 3.08 bits per heavy atom. The number of carbonyl (C=O) groups excluding carboxylic acids is 2. The molecule has 0 saturated carbocycles. The molecule has 10 heteroatoms.